The van der Waals surface area contributed by atoms with E-state index in [1.165, 1.54) is 0 Å². The maximum absolute atomic E-state index is 10.6. The van der Waals surface area contributed by atoms with Gasteiger partial charge < -0.3 is 5.11 Å². The maximum Gasteiger partial charge on any atom is 0.303 e. The van der Waals surface area contributed by atoms with Gasteiger partial charge in [-0.15, -0.1) is 0 Å². The summed E-state index contributed by atoms with van der Waals surface area (Å²) in [5.74, 6) is -0.522. The molecule has 4 heteroatoms. The molecule has 1 heterocycles. The first kappa shape index (κ1) is 9.12. The Hall–Kier alpha value is -1.45. The Morgan fingerprint density at radius 1 is 1.57 bits per heavy atom. The Labute approximate surface area is 82.0 Å². The van der Waals surface area contributed by atoms with Crippen LogP contribution in [0.1, 0.15) is 23.4 Å². The first-order chi connectivity index (χ1) is 6.66. The van der Waals surface area contributed by atoms with Crippen LogP contribution in [0.3, 0.4) is 0 Å². The number of rotatable bonds is 2. The van der Waals surface area contributed by atoms with Crippen molar-refractivity contribution in [1.82, 2.24) is 9.97 Å². The Morgan fingerprint density at radius 3 is 3.00 bits per heavy atom. The quantitative estimate of drug-likeness (QED) is 0.758. The number of aromatic nitrogens is 2. The zero-order valence-electron chi connectivity index (χ0n) is 8.03. The molecule has 0 bridgehead atoms. The van der Waals surface area contributed by atoms with E-state index in [1.807, 2.05) is 6.92 Å². The predicted octanol–water partition coefficient (Wildman–Crippen LogP) is 0.975. The third kappa shape index (κ3) is 1.60. The Bertz CT molecular complexity index is 376. The number of nitrogens with zero attached hydrogens (tertiary/aromatic N) is 2. The molecular weight excluding hydrogens is 180 g/mol. The highest BCUT2D eigenvalue weighted by molar-refractivity contribution is 5.67. The van der Waals surface area contributed by atoms with E-state index >= 15 is 0 Å². The van der Waals surface area contributed by atoms with Gasteiger partial charge >= 0.3 is 5.97 Å². The summed E-state index contributed by atoms with van der Waals surface area (Å²) in [5.41, 5.74) is 3.17. The fourth-order valence-corrected chi connectivity index (χ4v) is 2.02. The van der Waals surface area contributed by atoms with E-state index in [-0.39, 0.29) is 12.3 Å². The van der Waals surface area contributed by atoms with E-state index in [0.717, 1.165) is 29.8 Å². The van der Waals surface area contributed by atoms with Gasteiger partial charge in [0.25, 0.3) is 0 Å². The average Bonchev–Trinajstić information content (AvgIpc) is 2.47. The van der Waals surface area contributed by atoms with Gasteiger partial charge in [0.05, 0.1) is 0 Å². The number of aliphatic carboxylic acids is 1. The summed E-state index contributed by atoms with van der Waals surface area (Å²) in [6.45, 7) is 1.95. The first-order valence-corrected chi connectivity index (χ1v) is 4.68. The van der Waals surface area contributed by atoms with Crippen LogP contribution in [0, 0.1) is 12.8 Å². The molecule has 0 spiro atoms. The van der Waals surface area contributed by atoms with Crippen molar-refractivity contribution in [2.75, 3.05) is 0 Å². The van der Waals surface area contributed by atoms with Crippen molar-refractivity contribution in [3.8, 4) is 0 Å². The van der Waals surface area contributed by atoms with Crippen molar-refractivity contribution in [3.05, 3.63) is 23.3 Å². The number of carbonyl (C=O) groups is 1. The Morgan fingerprint density at radius 2 is 2.36 bits per heavy atom. The van der Waals surface area contributed by atoms with Crippen LogP contribution in [0.4, 0.5) is 0 Å². The summed E-state index contributed by atoms with van der Waals surface area (Å²) < 4.78 is 0. The van der Waals surface area contributed by atoms with Gasteiger partial charge in [0.15, 0.2) is 0 Å². The molecule has 0 fully saturated rings. The molecule has 1 aromatic rings. The minimum atomic E-state index is -0.728. The van der Waals surface area contributed by atoms with E-state index in [4.69, 9.17) is 5.11 Å². The zero-order chi connectivity index (χ0) is 10.1. The fourth-order valence-electron chi connectivity index (χ4n) is 2.02. The maximum atomic E-state index is 10.6. The zero-order valence-corrected chi connectivity index (χ0v) is 8.03. The predicted molar refractivity (Wildman–Crippen MR) is 49.9 cm³/mol. The van der Waals surface area contributed by atoms with Crippen LogP contribution in [0.5, 0.6) is 0 Å². The van der Waals surface area contributed by atoms with Gasteiger partial charge in [0.2, 0.25) is 0 Å². The first-order valence-electron chi connectivity index (χ1n) is 4.68. The van der Waals surface area contributed by atoms with Gasteiger partial charge in [0.1, 0.15) is 6.33 Å². The van der Waals surface area contributed by atoms with Crippen molar-refractivity contribution in [1.29, 1.82) is 0 Å². The summed E-state index contributed by atoms with van der Waals surface area (Å²) in [5, 5.41) is 8.69. The molecule has 1 N–H and O–H groups in total. The average molecular weight is 192 g/mol. The number of hydrogen-bond acceptors (Lipinski definition) is 3. The minimum Gasteiger partial charge on any atom is -0.481 e. The van der Waals surface area contributed by atoms with E-state index in [1.54, 1.807) is 6.33 Å². The second-order valence-corrected chi connectivity index (χ2v) is 3.76. The molecule has 0 saturated carbocycles. The molecular formula is C10H12N2O2. The van der Waals surface area contributed by atoms with Gasteiger partial charge in [-0.05, 0) is 31.2 Å². The van der Waals surface area contributed by atoms with Crippen molar-refractivity contribution >= 4 is 5.97 Å². The van der Waals surface area contributed by atoms with Crippen LogP contribution >= 0.6 is 0 Å². The second kappa shape index (κ2) is 3.36. The Balaban J connectivity index is 2.18. The molecule has 1 aliphatic carbocycles. The topological polar surface area (TPSA) is 63.1 Å². The van der Waals surface area contributed by atoms with Crippen molar-refractivity contribution < 1.29 is 9.90 Å². The summed E-state index contributed by atoms with van der Waals surface area (Å²) >= 11 is 0. The van der Waals surface area contributed by atoms with Crippen molar-refractivity contribution in [2.24, 2.45) is 5.92 Å². The lowest BCUT2D eigenvalue weighted by molar-refractivity contribution is -0.138. The highest BCUT2D eigenvalue weighted by Gasteiger charge is 2.26. The molecule has 2 rings (SSSR count). The third-order valence-electron chi connectivity index (χ3n) is 2.69. The summed E-state index contributed by atoms with van der Waals surface area (Å²) in [7, 11) is 0. The minimum absolute atomic E-state index is 0.206. The molecule has 1 unspecified atom stereocenters. The third-order valence-corrected chi connectivity index (χ3v) is 2.69. The van der Waals surface area contributed by atoms with Crippen LogP contribution in [0.25, 0.3) is 0 Å². The summed E-state index contributed by atoms with van der Waals surface area (Å²) in [6.07, 6.45) is 3.38. The van der Waals surface area contributed by atoms with E-state index < -0.39 is 5.97 Å². The van der Waals surface area contributed by atoms with Gasteiger partial charge in [-0.25, -0.2) is 9.97 Å². The molecule has 0 saturated heterocycles. The van der Waals surface area contributed by atoms with Crippen LogP contribution < -0.4 is 0 Å². The standard InChI is InChI=1S/C10H12N2O2/c1-6-8-2-7(4-10(13)14)3-9(8)12-5-11-6/h5,7H,2-4H2,1H3,(H,13,14). The smallest absolute Gasteiger partial charge is 0.303 e. The van der Waals surface area contributed by atoms with Gasteiger partial charge in [0, 0.05) is 17.8 Å². The molecule has 1 aromatic heterocycles. The van der Waals surface area contributed by atoms with Crippen LogP contribution in [-0.2, 0) is 17.6 Å². The van der Waals surface area contributed by atoms with Crippen molar-refractivity contribution in [3.63, 3.8) is 0 Å². The molecule has 74 valence electrons. The highest BCUT2D eigenvalue weighted by atomic mass is 16.4. The number of aryl methyl sites for hydroxylation is 1. The fraction of sp³-hybridized carbons (Fsp3) is 0.500. The normalized spacial score (nSPS) is 19.4. The lowest BCUT2D eigenvalue weighted by atomic mass is 10.0. The second-order valence-electron chi connectivity index (χ2n) is 3.76. The summed E-state index contributed by atoms with van der Waals surface area (Å²) in [4.78, 5) is 18.8. The number of carboxylic acid groups (broad SMARTS) is 1. The number of hydrogen-bond donors (Lipinski definition) is 1. The van der Waals surface area contributed by atoms with Gasteiger partial charge in [-0.1, -0.05) is 0 Å². The lowest BCUT2D eigenvalue weighted by Crippen LogP contribution is -2.07. The Kier molecular flexibility index (Phi) is 2.19. The van der Waals surface area contributed by atoms with Gasteiger partial charge in [-0.2, -0.15) is 0 Å². The summed E-state index contributed by atoms with van der Waals surface area (Å²) in [6, 6.07) is 0. The molecule has 0 radical (unpaired) electrons. The van der Waals surface area contributed by atoms with Gasteiger partial charge in [-0.3, -0.25) is 4.79 Å². The van der Waals surface area contributed by atoms with E-state index in [2.05, 4.69) is 9.97 Å². The highest BCUT2D eigenvalue weighted by Crippen LogP contribution is 2.28. The monoisotopic (exact) mass is 192 g/mol. The van der Waals surface area contributed by atoms with Crippen LogP contribution in [-0.4, -0.2) is 21.0 Å². The van der Waals surface area contributed by atoms with Crippen LogP contribution in [0.15, 0.2) is 6.33 Å². The number of fused-ring (bicyclic) bond motifs is 1. The van der Waals surface area contributed by atoms with Crippen molar-refractivity contribution in [2.45, 2.75) is 26.2 Å². The van der Waals surface area contributed by atoms with E-state index in [9.17, 15) is 4.79 Å². The molecule has 1 atom stereocenters. The lowest BCUT2D eigenvalue weighted by Gasteiger charge is -2.02. The van der Waals surface area contributed by atoms with Crippen LogP contribution in [0.2, 0.25) is 0 Å². The van der Waals surface area contributed by atoms with E-state index in [0.29, 0.717) is 0 Å². The molecule has 0 aromatic carbocycles. The molecule has 0 aliphatic heterocycles. The molecule has 4 nitrogen and oxygen atoms in total. The number of carboxylic acids is 1. The molecule has 0 amide bonds. The SMILES string of the molecule is Cc1ncnc2c1CC(CC(=O)O)C2. The molecule has 1 aliphatic rings. The molecule has 14 heavy (non-hydrogen) atoms. The largest absolute Gasteiger partial charge is 0.481 e.